The summed E-state index contributed by atoms with van der Waals surface area (Å²) in [4.78, 5) is 11.4. The monoisotopic (exact) mass is 248 g/mol. The summed E-state index contributed by atoms with van der Waals surface area (Å²) in [5.74, 6) is 0.755. The summed E-state index contributed by atoms with van der Waals surface area (Å²) in [5, 5.41) is 9.41. The standard InChI is InChI=1S/C14H16O4/c1-2-9-10(14(5-6-14)13(15)16)3-4-11-12(9)18-8-7-17-11/h3-4H,2,5-8H2,1H3,(H,15,16). The van der Waals surface area contributed by atoms with Gasteiger partial charge in [0.25, 0.3) is 0 Å². The lowest BCUT2D eigenvalue weighted by atomic mass is 9.89. The number of ether oxygens (including phenoxy) is 2. The molecule has 2 aliphatic rings. The van der Waals surface area contributed by atoms with Crippen LogP contribution in [-0.4, -0.2) is 24.3 Å². The van der Waals surface area contributed by atoms with E-state index < -0.39 is 11.4 Å². The van der Waals surface area contributed by atoms with Gasteiger partial charge in [-0.3, -0.25) is 4.79 Å². The number of carbonyl (C=O) groups is 1. The molecule has 0 unspecified atom stereocenters. The Kier molecular flexibility index (Phi) is 2.47. The second kappa shape index (κ2) is 3.90. The third kappa shape index (κ3) is 1.48. The lowest BCUT2D eigenvalue weighted by molar-refractivity contribution is -0.140. The van der Waals surface area contributed by atoms with Crippen molar-refractivity contribution in [3.8, 4) is 11.5 Å². The largest absolute Gasteiger partial charge is 0.486 e. The summed E-state index contributed by atoms with van der Waals surface area (Å²) < 4.78 is 11.2. The van der Waals surface area contributed by atoms with Crippen LogP contribution in [0, 0.1) is 0 Å². The van der Waals surface area contributed by atoms with Crippen LogP contribution in [0.1, 0.15) is 30.9 Å². The molecule has 4 heteroatoms. The molecule has 96 valence electrons. The first-order valence-corrected chi connectivity index (χ1v) is 6.34. The minimum absolute atomic E-state index is 0.531. The fourth-order valence-corrected chi connectivity index (χ4v) is 2.70. The van der Waals surface area contributed by atoms with E-state index in [1.165, 1.54) is 0 Å². The van der Waals surface area contributed by atoms with Gasteiger partial charge in [-0.05, 0) is 30.9 Å². The maximum atomic E-state index is 11.4. The van der Waals surface area contributed by atoms with Crippen molar-refractivity contribution >= 4 is 5.97 Å². The predicted molar refractivity (Wildman–Crippen MR) is 65.4 cm³/mol. The highest BCUT2D eigenvalue weighted by Crippen LogP contribution is 2.52. The highest BCUT2D eigenvalue weighted by molar-refractivity contribution is 5.86. The predicted octanol–water partition coefficient (Wildman–Crippen LogP) is 2.14. The van der Waals surface area contributed by atoms with Crippen LogP contribution in [0.15, 0.2) is 12.1 Å². The maximum absolute atomic E-state index is 11.4. The third-order valence-electron chi connectivity index (χ3n) is 3.84. The van der Waals surface area contributed by atoms with Gasteiger partial charge < -0.3 is 14.6 Å². The fraction of sp³-hybridized carbons (Fsp3) is 0.500. The van der Waals surface area contributed by atoms with Gasteiger partial charge in [-0.25, -0.2) is 0 Å². The molecule has 1 aliphatic heterocycles. The van der Waals surface area contributed by atoms with Gasteiger partial charge in [0.05, 0.1) is 5.41 Å². The molecule has 0 bridgehead atoms. The molecular formula is C14H16O4. The third-order valence-corrected chi connectivity index (χ3v) is 3.84. The summed E-state index contributed by atoms with van der Waals surface area (Å²) in [6.07, 6.45) is 2.20. The number of carboxylic acid groups (broad SMARTS) is 1. The van der Waals surface area contributed by atoms with E-state index in [1.54, 1.807) is 0 Å². The average Bonchev–Trinajstić information content (AvgIpc) is 3.18. The van der Waals surface area contributed by atoms with Crippen molar-refractivity contribution in [1.29, 1.82) is 0 Å². The first kappa shape index (κ1) is 11.4. The first-order chi connectivity index (χ1) is 8.69. The van der Waals surface area contributed by atoms with Gasteiger partial charge in [-0.15, -0.1) is 0 Å². The molecule has 1 fully saturated rings. The van der Waals surface area contributed by atoms with Gasteiger partial charge >= 0.3 is 5.97 Å². The van der Waals surface area contributed by atoms with Crippen molar-refractivity contribution in [1.82, 2.24) is 0 Å². The van der Waals surface area contributed by atoms with Gasteiger partial charge in [-0.1, -0.05) is 13.0 Å². The first-order valence-electron chi connectivity index (χ1n) is 6.34. The van der Waals surface area contributed by atoms with E-state index in [2.05, 4.69) is 0 Å². The molecule has 0 aromatic heterocycles. The van der Waals surface area contributed by atoms with Crippen molar-refractivity contribution in [2.75, 3.05) is 13.2 Å². The van der Waals surface area contributed by atoms with Crippen LogP contribution in [0.25, 0.3) is 0 Å². The van der Waals surface area contributed by atoms with Gasteiger partial charge in [0, 0.05) is 5.56 Å². The number of carboxylic acids is 1. The molecule has 1 aromatic carbocycles. The topological polar surface area (TPSA) is 55.8 Å². The van der Waals surface area contributed by atoms with Gasteiger partial charge in [0.15, 0.2) is 11.5 Å². The molecule has 18 heavy (non-hydrogen) atoms. The van der Waals surface area contributed by atoms with E-state index in [9.17, 15) is 9.90 Å². The molecule has 0 radical (unpaired) electrons. The number of fused-ring (bicyclic) bond motifs is 1. The molecular weight excluding hydrogens is 232 g/mol. The number of hydrogen-bond acceptors (Lipinski definition) is 3. The zero-order valence-electron chi connectivity index (χ0n) is 10.4. The second-order valence-corrected chi connectivity index (χ2v) is 4.86. The van der Waals surface area contributed by atoms with Gasteiger partial charge in [0.1, 0.15) is 13.2 Å². The summed E-state index contributed by atoms with van der Waals surface area (Å²) in [7, 11) is 0. The van der Waals surface area contributed by atoms with E-state index in [4.69, 9.17) is 9.47 Å². The number of hydrogen-bond donors (Lipinski definition) is 1. The summed E-state index contributed by atoms with van der Waals surface area (Å²) in [6.45, 7) is 3.11. The lowest BCUT2D eigenvalue weighted by Crippen LogP contribution is -2.23. The molecule has 0 spiro atoms. The van der Waals surface area contributed by atoms with Crippen LogP contribution < -0.4 is 9.47 Å². The molecule has 0 amide bonds. The quantitative estimate of drug-likeness (QED) is 0.890. The van der Waals surface area contributed by atoms with E-state index in [0.29, 0.717) is 13.2 Å². The fourth-order valence-electron chi connectivity index (χ4n) is 2.70. The zero-order chi connectivity index (χ0) is 12.8. The van der Waals surface area contributed by atoms with Crippen LogP contribution in [0.3, 0.4) is 0 Å². The Labute approximate surface area is 106 Å². The normalized spacial score (nSPS) is 19.4. The Bertz CT molecular complexity index is 503. The van der Waals surface area contributed by atoms with Crippen LogP contribution in [-0.2, 0) is 16.6 Å². The number of benzene rings is 1. The molecule has 0 atom stereocenters. The Morgan fingerprint density at radius 2 is 2.06 bits per heavy atom. The summed E-state index contributed by atoms with van der Waals surface area (Å²) in [6, 6.07) is 3.74. The van der Waals surface area contributed by atoms with E-state index >= 15 is 0 Å². The Morgan fingerprint density at radius 3 is 2.67 bits per heavy atom. The molecule has 1 heterocycles. The van der Waals surface area contributed by atoms with Crippen molar-refractivity contribution < 1.29 is 19.4 Å². The van der Waals surface area contributed by atoms with Crippen molar-refractivity contribution in [2.24, 2.45) is 0 Å². The summed E-state index contributed by atoms with van der Waals surface area (Å²) in [5.41, 5.74) is 1.22. The maximum Gasteiger partial charge on any atom is 0.314 e. The van der Waals surface area contributed by atoms with E-state index in [-0.39, 0.29) is 0 Å². The van der Waals surface area contributed by atoms with Crippen LogP contribution in [0.4, 0.5) is 0 Å². The van der Waals surface area contributed by atoms with Crippen molar-refractivity contribution in [2.45, 2.75) is 31.6 Å². The molecule has 1 aromatic rings. The second-order valence-electron chi connectivity index (χ2n) is 4.86. The molecule has 1 N–H and O–H groups in total. The lowest BCUT2D eigenvalue weighted by Gasteiger charge is -2.24. The minimum Gasteiger partial charge on any atom is -0.486 e. The van der Waals surface area contributed by atoms with Crippen LogP contribution in [0.2, 0.25) is 0 Å². The Hall–Kier alpha value is -1.71. The van der Waals surface area contributed by atoms with Gasteiger partial charge in [0.2, 0.25) is 0 Å². The molecule has 3 rings (SSSR count). The highest BCUT2D eigenvalue weighted by Gasteiger charge is 2.53. The average molecular weight is 248 g/mol. The highest BCUT2D eigenvalue weighted by atomic mass is 16.6. The van der Waals surface area contributed by atoms with E-state index in [1.807, 2.05) is 19.1 Å². The van der Waals surface area contributed by atoms with Crippen molar-refractivity contribution in [3.63, 3.8) is 0 Å². The molecule has 1 saturated carbocycles. The molecule has 0 saturated heterocycles. The Balaban J connectivity index is 2.13. The Morgan fingerprint density at radius 1 is 1.33 bits per heavy atom. The van der Waals surface area contributed by atoms with E-state index in [0.717, 1.165) is 41.9 Å². The SMILES string of the molecule is CCc1c(C2(C(=O)O)CC2)ccc2c1OCCO2. The van der Waals surface area contributed by atoms with Crippen LogP contribution in [0.5, 0.6) is 11.5 Å². The molecule has 4 nitrogen and oxygen atoms in total. The number of rotatable bonds is 3. The smallest absolute Gasteiger partial charge is 0.314 e. The molecule has 1 aliphatic carbocycles. The number of aliphatic carboxylic acids is 1. The van der Waals surface area contributed by atoms with Crippen LogP contribution >= 0.6 is 0 Å². The van der Waals surface area contributed by atoms with Gasteiger partial charge in [-0.2, -0.15) is 0 Å². The zero-order valence-corrected chi connectivity index (χ0v) is 10.4. The minimum atomic E-state index is -0.728. The van der Waals surface area contributed by atoms with Crippen molar-refractivity contribution in [3.05, 3.63) is 23.3 Å². The summed E-state index contributed by atoms with van der Waals surface area (Å²) >= 11 is 0.